The molecule has 0 spiro atoms. The summed E-state index contributed by atoms with van der Waals surface area (Å²) < 4.78 is 0. The number of rotatable bonds is 4. The molecule has 1 saturated heterocycles. The molecular weight excluding hydrogens is 238 g/mol. The van der Waals surface area contributed by atoms with Crippen molar-refractivity contribution in [3.05, 3.63) is 29.8 Å². The highest BCUT2D eigenvalue weighted by molar-refractivity contribution is 5.92. The number of anilines is 1. The molecule has 1 aliphatic rings. The second kappa shape index (κ2) is 6.35. The molecule has 1 aromatic rings. The largest absolute Gasteiger partial charge is 0.316 e. The fraction of sp³-hybridized carbons (Fsp3) is 0.467. The van der Waals surface area contributed by atoms with Gasteiger partial charge >= 0.3 is 0 Å². The number of carbonyl (C=O) groups excluding carboxylic acids is 1. The second-order valence-corrected chi connectivity index (χ2v) is 5.01. The van der Waals surface area contributed by atoms with Crippen LogP contribution in [0.15, 0.2) is 24.3 Å². The normalized spacial score (nSPS) is 18.0. The molecule has 0 saturated carbocycles. The summed E-state index contributed by atoms with van der Waals surface area (Å²) in [5.41, 5.74) is 1.37. The van der Waals surface area contributed by atoms with Gasteiger partial charge in [0, 0.05) is 19.2 Å². The van der Waals surface area contributed by atoms with Gasteiger partial charge in [-0.3, -0.25) is 4.79 Å². The van der Waals surface area contributed by atoms with Gasteiger partial charge in [0.25, 0.3) is 0 Å². The lowest BCUT2D eigenvalue weighted by Gasteiger charge is -2.18. The lowest BCUT2D eigenvalue weighted by Crippen LogP contribution is -2.26. The van der Waals surface area contributed by atoms with E-state index in [1.54, 1.807) is 30.1 Å². The van der Waals surface area contributed by atoms with Crippen LogP contribution in [0.5, 0.6) is 0 Å². The molecule has 1 atom stereocenters. The summed E-state index contributed by atoms with van der Waals surface area (Å²) in [7, 11) is 1.77. The topological polar surface area (TPSA) is 56.1 Å². The Morgan fingerprint density at radius 2 is 2.42 bits per heavy atom. The molecule has 1 N–H and O–H groups in total. The van der Waals surface area contributed by atoms with Gasteiger partial charge in [0.2, 0.25) is 5.91 Å². The summed E-state index contributed by atoms with van der Waals surface area (Å²) in [5, 5.41) is 12.2. The summed E-state index contributed by atoms with van der Waals surface area (Å²) in [6.45, 7) is 2.10. The Labute approximate surface area is 114 Å². The third-order valence-electron chi connectivity index (χ3n) is 3.67. The third-order valence-corrected chi connectivity index (χ3v) is 3.67. The second-order valence-electron chi connectivity index (χ2n) is 5.01. The van der Waals surface area contributed by atoms with E-state index in [2.05, 4.69) is 11.4 Å². The van der Waals surface area contributed by atoms with E-state index in [-0.39, 0.29) is 5.91 Å². The highest BCUT2D eigenvalue weighted by Gasteiger charge is 2.17. The lowest BCUT2D eigenvalue weighted by atomic mass is 10.0. The van der Waals surface area contributed by atoms with Crippen molar-refractivity contribution in [1.29, 1.82) is 5.26 Å². The van der Waals surface area contributed by atoms with Crippen molar-refractivity contribution in [2.75, 3.05) is 25.0 Å². The van der Waals surface area contributed by atoms with Crippen molar-refractivity contribution < 1.29 is 4.79 Å². The first-order valence-corrected chi connectivity index (χ1v) is 6.68. The molecule has 1 unspecified atom stereocenters. The summed E-state index contributed by atoms with van der Waals surface area (Å²) in [5.74, 6) is 0.741. The predicted molar refractivity (Wildman–Crippen MR) is 74.8 cm³/mol. The minimum absolute atomic E-state index is 0.113. The lowest BCUT2D eigenvalue weighted by molar-refractivity contribution is -0.118. The Balaban J connectivity index is 1.92. The van der Waals surface area contributed by atoms with Gasteiger partial charge in [0.1, 0.15) is 0 Å². The maximum atomic E-state index is 12.1. The van der Waals surface area contributed by atoms with Crippen LogP contribution >= 0.6 is 0 Å². The average Bonchev–Trinajstić information content (AvgIpc) is 2.97. The van der Waals surface area contributed by atoms with Gasteiger partial charge in [-0.05, 0) is 50.0 Å². The molecule has 1 amide bonds. The highest BCUT2D eigenvalue weighted by atomic mass is 16.2. The summed E-state index contributed by atoms with van der Waals surface area (Å²) in [6.07, 6.45) is 2.68. The first-order chi connectivity index (χ1) is 9.20. The molecule has 4 heteroatoms. The zero-order valence-corrected chi connectivity index (χ0v) is 11.2. The Morgan fingerprint density at radius 1 is 1.58 bits per heavy atom. The molecule has 1 aromatic carbocycles. The fourth-order valence-corrected chi connectivity index (χ4v) is 2.38. The molecule has 0 aliphatic carbocycles. The molecule has 0 aromatic heterocycles. The molecule has 100 valence electrons. The van der Waals surface area contributed by atoms with Crippen LogP contribution < -0.4 is 10.2 Å². The monoisotopic (exact) mass is 257 g/mol. The number of nitrogens with one attached hydrogen (secondary N) is 1. The minimum atomic E-state index is 0.113. The van der Waals surface area contributed by atoms with E-state index < -0.39 is 0 Å². The Hall–Kier alpha value is -1.86. The third kappa shape index (κ3) is 3.55. The standard InChI is InChI=1S/C15H19N3O/c1-18(14-4-2-3-13(9-14)10-16)15(19)6-5-12-7-8-17-11-12/h2-4,9,12,17H,5-8,11H2,1H3. The van der Waals surface area contributed by atoms with Crippen LogP contribution in [0.2, 0.25) is 0 Å². The number of hydrogen-bond donors (Lipinski definition) is 1. The highest BCUT2D eigenvalue weighted by Crippen LogP contribution is 2.18. The van der Waals surface area contributed by atoms with Gasteiger partial charge < -0.3 is 10.2 Å². The number of nitriles is 1. The van der Waals surface area contributed by atoms with Gasteiger partial charge in [-0.1, -0.05) is 6.07 Å². The molecule has 0 bridgehead atoms. The molecule has 1 aliphatic heterocycles. The van der Waals surface area contributed by atoms with Gasteiger partial charge in [-0.25, -0.2) is 0 Å². The van der Waals surface area contributed by atoms with E-state index in [0.717, 1.165) is 25.2 Å². The van der Waals surface area contributed by atoms with Crippen molar-refractivity contribution in [2.24, 2.45) is 5.92 Å². The minimum Gasteiger partial charge on any atom is -0.316 e. The van der Waals surface area contributed by atoms with E-state index in [1.807, 2.05) is 6.07 Å². The molecule has 2 rings (SSSR count). The van der Waals surface area contributed by atoms with Gasteiger partial charge in [0.15, 0.2) is 0 Å². The maximum absolute atomic E-state index is 12.1. The zero-order valence-electron chi connectivity index (χ0n) is 11.2. The summed E-state index contributed by atoms with van der Waals surface area (Å²) in [4.78, 5) is 13.8. The molecule has 19 heavy (non-hydrogen) atoms. The average molecular weight is 257 g/mol. The predicted octanol–water partition coefficient (Wildman–Crippen LogP) is 1.91. The van der Waals surface area contributed by atoms with Crippen LogP contribution in [-0.2, 0) is 4.79 Å². The number of benzene rings is 1. The zero-order chi connectivity index (χ0) is 13.7. The summed E-state index contributed by atoms with van der Waals surface area (Å²) >= 11 is 0. The van der Waals surface area contributed by atoms with E-state index in [4.69, 9.17) is 5.26 Å². The summed E-state index contributed by atoms with van der Waals surface area (Å²) in [6, 6.07) is 9.24. The SMILES string of the molecule is CN(C(=O)CCC1CCNC1)c1cccc(C#N)c1. The Bertz CT molecular complexity index is 486. The number of amides is 1. The van der Waals surface area contributed by atoms with Crippen LogP contribution in [0.4, 0.5) is 5.69 Å². The quantitative estimate of drug-likeness (QED) is 0.896. The molecule has 0 radical (unpaired) electrons. The van der Waals surface area contributed by atoms with Gasteiger partial charge in [-0.2, -0.15) is 5.26 Å². The van der Waals surface area contributed by atoms with Crippen molar-refractivity contribution in [2.45, 2.75) is 19.3 Å². The van der Waals surface area contributed by atoms with Gasteiger partial charge in [-0.15, -0.1) is 0 Å². The van der Waals surface area contributed by atoms with E-state index >= 15 is 0 Å². The van der Waals surface area contributed by atoms with Crippen LogP contribution in [0.1, 0.15) is 24.8 Å². The van der Waals surface area contributed by atoms with Gasteiger partial charge in [0.05, 0.1) is 11.6 Å². The maximum Gasteiger partial charge on any atom is 0.226 e. The van der Waals surface area contributed by atoms with Crippen LogP contribution in [0.25, 0.3) is 0 Å². The van der Waals surface area contributed by atoms with Crippen molar-refractivity contribution in [1.82, 2.24) is 5.32 Å². The molecule has 4 nitrogen and oxygen atoms in total. The van der Waals surface area contributed by atoms with Crippen LogP contribution in [0.3, 0.4) is 0 Å². The molecular formula is C15H19N3O. The van der Waals surface area contributed by atoms with Crippen molar-refractivity contribution in [3.63, 3.8) is 0 Å². The number of nitrogens with zero attached hydrogens (tertiary/aromatic N) is 2. The Morgan fingerprint density at radius 3 is 3.11 bits per heavy atom. The van der Waals surface area contributed by atoms with Crippen molar-refractivity contribution >= 4 is 11.6 Å². The molecule has 1 heterocycles. The number of carbonyl (C=O) groups is 1. The number of hydrogen-bond acceptors (Lipinski definition) is 3. The van der Waals surface area contributed by atoms with Crippen LogP contribution in [-0.4, -0.2) is 26.0 Å². The smallest absolute Gasteiger partial charge is 0.226 e. The van der Waals surface area contributed by atoms with Crippen molar-refractivity contribution in [3.8, 4) is 6.07 Å². The Kier molecular flexibility index (Phi) is 4.53. The first kappa shape index (κ1) is 13.6. The van der Waals surface area contributed by atoms with Crippen LogP contribution in [0, 0.1) is 17.2 Å². The first-order valence-electron chi connectivity index (χ1n) is 6.68. The van der Waals surface area contributed by atoms with E-state index in [1.165, 1.54) is 6.42 Å². The fourth-order valence-electron chi connectivity index (χ4n) is 2.38. The molecule has 1 fully saturated rings. The van der Waals surface area contributed by atoms with E-state index in [0.29, 0.717) is 17.9 Å². The van der Waals surface area contributed by atoms with E-state index in [9.17, 15) is 4.79 Å².